The number of morpholine rings is 1. The molecule has 23 heavy (non-hydrogen) atoms. The standard InChI is InChI=1S/C16H24N6O/c1-12-9-14(20(2)3)19-16(18-12)13-11-23-8-7-22(13)10-15-17-5-6-21(15)4/h5-6,9,13H,7-8,10-11H2,1-4H3/t13-/m1/s1. The maximum Gasteiger partial charge on any atom is 0.150 e. The van der Waals surface area contributed by atoms with Crippen molar-refractivity contribution in [3.8, 4) is 0 Å². The molecule has 124 valence electrons. The van der Waals surface area contributed by atoms with Crippen molar-refractivity contribution in [3.63, 3.8) is 0 Å². The third-order valence-corrected chi connectivity index (χ3v) is 4.12. The molecule has 0 amide bonds. The Bertz CT molecular complexity index is 668. The van der Waals surface area contributed by atoms with Crippen molar-refractivity contribution < 1.29 is 4.74 Å². The SMILES string of the molecule is Cc1cc(N(C)C)nc([C@H]2COCCN2Cc2nccn2C)n1. The molecule has 1 saturated heterocycles. The first kappa shape index (κ1) is 15.9. The van der Waals surface area contributed by atoms with Gasteiger partial charge in [0.1, 0.15) is 17.5 Å². The molecule has 2 aromatic heterocycles. The number of aromatic nitrogens is 4. The minimum atomic E-state index is 0.0547. The van der Waals surface area contributed by atoms with Gasteiger partial charge in [-0.1, -0.05) is 0 Å². The van der Waals surface area contributed by atoms with Crippen molar-refractivity contribution in [2.75, 3.05) is 38.8 Å². The highest BCUT2D eigenvalue weighted by molar-refractivity contribution is 5.38. The molecule has 0 bridgehead atoms. The summed E-state index contributed by atoms with van der Waals surface area (Å²) in [6.07, 6.45) is 3.80. The molecule has 1 atom stereocenters. The molecule has 7 nitrogen and oxygen atoms in total. The van der Waals surface area contributed by atoms with E-state index in [0.29, 0.717) is 6.61 Å². The van der Waals surface area contributed by atoms with Crippen LogP contribution in [0.2, 0.25) is 0 Å². The zero-order chi connectivity index (χ0) is 16.4. The maximum atomic E-state index is 5.69. The van der Waals surface area contributed by atoms with Crippen LogP contribution in [0.4, 0.5) is 5.82 Å². The van der Waals surface area contributed by atoms with E-state index < -0.39 is 0 Å². The fraction of sp³-hybridized carbons (Fsp3) is 0.562. The average Bonchev–Trinajstić information content (AvgIpc) is 2.92. The van der Waals surface area contributed by atoms with Crippen molar-refractivity contribution in [3.05, 3.63) is 35.8 Å². The Labute approximate surface area is 136 Å². The van der Waals surface area contributed by atoms with Gasteiger partial charge < -0.3 is 14.2 Å². The number of imidazole rings is 1. The van der Waals surface area contributed by atoms with E-state index in [-0.39, 0.29) is 6.04 Å². The molecule has 0 saturated carbocycles. The molecule has 0 unspecified atom stereocenters. The van der Waals surface area contributed by atoms with E-state index in [1.807, 2.05) is 51.4 Å². The highest BCUT2D eigenvalue weighted by Gasteiger charge is 2.28. The third kappa shape index (κ3) is 3.51. The Balaban J connectivity index is 1.88. The summed E-state index contributed by atoms with van der Waals surface area (Å²) in [7, 11) is 6.01. The van der Waals surface area contributed by atoms with E-state index >= 15 is 0 Å². The molecule has 7 heteroatoms. The van der Waals surface area contributed by atoms with E-state index in [0.717, 1.165) is 42.9 Å². The second-order valence-electron chi connectivity index (χ2n) is 6.14. The van der Waals surface area contributed by atoms with Gasteiger partial charge in [0.05, 0.1) is 25.8 Å². The monoisotopic (exact) mass is 316 g/mol. The number of hydrogen-bond donors (Lipinski definition) is 0. The molecule has 1 aliphatic rings. The molecule has 3 heterocycles. The number of ether oxygens (including phenoxy) is 1. The smallest absolute Gasteiger partial charge is 0.150 e. The van der Waals surface area contributed by atoms with Crippen LogP contribution in [0.1, 0.15) is 23.4 Å². The third-order valence-electron chi connectivity index (χ3n) is 4.12. The lowest BCUT2D eigenvalue weighted by atomic mass is 10.2. The van der Waals surface area contributed by atoms with Crippen LogP contribution in [0.15, 0.2) is 18.5 Å². The van der Waals surface area contributed by atoms with Gasteiger partial charge in [-0.3, -0.25) is 4.90 Å². The molecule has 1 aliphatic heterocycles. The van der Waals surface area contributed by atoms with Crippen molar-refractivity contribution in [2.24, 2.45) is 7.05 Å². The van der Waals surface area contributed by atoms with Gasteiger partial charge in [-0.15, -0.1) is 0 Å². The second kappa shape index (κ2) is 6.64. The van der Waals surface area contributed by atoms with Gasteiger partial charge in [0.15, 0.2) is 0 Å². The zero-order valence-electron chi connectivity index (χ0n) is 14.2. The molecule has 1 fully saturated rings. The van der Waals surface area contributed by atoms with E-state index in [2.05, 4.69) is 19.4 Å². The van der Waals surface area contributed by atoms with Crippen LogP contribution >= 0.6 is 0 Å². The lowest BCUT2D eigenvalue weighted by Crippen LogP contribution is -2.40. The first-order valence-electron chi connectivity index (χ1n) is 7.85. The number of rotatable bonds is 4. The van der Waals surface area contributed by atoms with Crippen molar-refractivity contribution in [1.29, 1.82) is 0 Å². The Kier molecular flexibility index (Phi) is 4.58. The van der Waals surface area contributed by atoms with E-state index in [9.17, 15) is 0 Å². The van der Waals surface area contributed by atoms with Gasteiger partial charge >= 0.3 is 0 Å². The van der Waals surface area contributed by atoms with Gasteiger partial charge in [-0.2, -0.15) is 0 Å². The van der Waals surface area contributed by atoms with E-state index in [4.69, 9.17) is 9.72 Å². The Morgan fingerprint density at radius 1 is 1.35 bits per heavy atom. The van der Waals surface area contributed by atoms with Gasteiger partial charge in [0.25, 0.3) is 0 Å². The lowest BCUT2D eigenvalue weighted by Gasteiger charge is -2.34. The topological polar surface area (TPSA) is 59.3 Å². The summed E-state index contributed by atoms with van der Waals surface area (Å²) >= 11 is 0. The van der Waals surface area contributed by atoms with Gasteiger partial charge in [0.2, 0.25) is 0 Å². The van der Waals surface area contributed by atoms with Crippen molar-refractivity contribution in [1.82, 2.24) is 24.4 Å². The maximum absolute atomic E-state index is 5.69. The number of hydrogen-bond acceptors (Lipinski definition) is 6. The predicted molar refractivity (Wildman–Crippen MR) is 88.3 cm³/mol. The molecule has 0 N–H and O–H groups in total. The Morgan fingerprint density at radius 2 is 2.17 bits per heavy atom. The summed E-state index contributed by atoms with van der Waals surface area (Å²) < 4.78 is 7.74. The first-order valence-corrected chi connectivity index (χ1v) is 7.85. The number of nitrogens with zero attached hydrogens (tertiary/aromatic N) is 6. The van der Waals surface area contributed by atoms with Gasteiger partial charge in [-0.05, 0) is 6.92 Å². The van der Waals surface area contributed by atoms with Crippen LogP contribution in [-0.4, -0.2) is 58.3 Å². The number of anilines is 1. The molecule has 0 spiro atoms. The molecule has 0 aromatic carbocycles. The van der Waals surface area contributed by atoms with Gasteiger partial charge in [0, 0.05) is 51.8 Å². The van der Waals surface area contributed by atoms with Gasteiger partial charge in [-0.25, -0.2) is 15.0 Å². The summed E-state index contributed by atoms with van der Waals surface area (Å²) in [4.78, 5) is 18.2. The average molecular weight is 316 g/mol. The predicted octanol–water partition coefficient (Wildman–Crippen LogP) is 1.16. The summed E-state index contributed by atoms with van der Waals surface area (Å²) in [6, 6.07) is 2.05. The van der Waals surface area contributed by atoms with Crippen molar-refractivity contribution >= 4 is 5.82 Å². The number of aryl methyl sites for hydroxylation is 2. The summed E-state index contributed by atoms with van der Waals surface area (Å²) in [5.74, 6) is 2.79. The molecule has 0 aliphatic carbocycles. The summed E-state index contributed by atoms with van der Waals surface area (Å²) in [5.41, 5.74) is 0.973. The summed E-state index contributed by atoms with van der Waals surface area (Å²) in [6.45, 7) is 4.97. The van der Waals surface area contributed by atoms with E-state index in [1.165, 1.54) is 0 Å². The fourth-order valence-corrected chi connectivity index (χ4v) is 2.75. The zero-order valence-corrected chi connectivity index (χ0v) is 14.2. The van der Waals surface area contributed by atoms with Crippen LogP contribution in [0.25, 0.3) is 0 Å². The van der Waals surface area contributed by atoms with Crippen LogP contribution in [0.5, 0.6) is 0 Å². The molecule has 3 rings (SSSR count). The normalized spacial score (nSPS) is 19.0. The van der Waals surface area contributed by atoms with Crippen molar-refractivity contribution in [2.45, 2.75) is 19.5 Å². The Hall–Kier alpha value is -1.99. The minimum Gasteiger partial charge on any atom is -0.378 e. The van der Waals surface area contributed by atoms with Crippen LogP contribution in [-0.2, 0) is 18.3 Å². The summed E-state index contributed by atoms with van der Waals surface area (Å²) in [5, 5.41) is 0. The van der Waals surface area contributed by atoms with Crippen LogP contribution in [0, 0.1) is 6.92 Å². The van der Waals surface area contributed by atoms with Crippen LogP contribution < -0.4 is 4.90 Å². The quantitative estimate of drug-likeness (QED) is 0.843. The largest absolute Gasteiger partial charge is 0.378 e. The molecular weight excluding hydrogens is 292 g/mol. The second-order valence-corrected chi connectivity index (χ2v) is 6.14. The lowest BCUT2D eigenvalue weighted by molar-refractivity contribution is -0.0173. The molecular formula is C16H24N6O. The van der Waals surface area contributed by atoms with Crippen LogP contribution in [0.3, 0.4) is 0 Å². The fourth-order valence-electron chi connectivity index (χ4n) is 2.75. The first-order chi connectivity index (χ1) is 11.0. The Morgan fingerprint density at radius 3 is 2.87 bits per heavy atom. The molecule has 2 aromatic rings. The highest BCUT2D eigenvalue weighted by Crippen LogP contribution is 2.25. The molecule has 0 radical (unpaired) electrons. The minimum absolute atomic E-state index is 0.0547. The van der Waals surface area contributed by atoms with E-state index in [1.54, 1.807) is 0 Å². The highest BCUT2D eigenvalue weighted by atomic mass is 16.5.